The molecule has 0 fully saturated rings. The minimum absolute atomic E-state index is 0.0103. The van der Waals surface area contributed by atoms with Crippen LogP contribution >= 0.6 is 11.6 Å². The van der Waals surface area contributed by atoms with Crippen LogP contribution in [0.25, 0.3) is 6.08 Å². The monoisotopic (exact) mass is 351 g/mol. The number of hydrogen-bond acceptors (Lipinski definition) is 3. The second-order valence-electron chi connectivity index (χ2n) is 5.17. The summed E-state index contributed by atoms with van der Waals surface area (Å²) in [5.41, 5.74) is 1.18. The molecule has 0 spiro atoms. The van der Waals surface area contributed by atoms with E-state index in [2.05, 4.69) is 4.72 Å². The minimum atomic E-state index is -3.62. The van der Waals surface area contributed by atoms with E-state index in [9.17, 15) is 8.42 Å². The molecule has 0 aliphatic carbocycles. The summed E-state index contributed by atoms with van der Waals surface area (Å²) >= 11 is 6.10. The second-order valence-corrected chi connectivity index (χ2v) is 7.15. The lowest BCUT2D eigenvalue weighted by Crippen LogP contribution is -2.09. The lowest BCUT2D eigenvalue weighted by Gasteiger charge is -2.12. The lowest BCUT2D eigenvalue weighted by atomic mass is 10.2. The van der Waals surface area contributed by atoms with Crippen molar-refractivity contribution in [1.29, 1.82) is 0 Å². The molecule has 122 valence electrons. The van der Waals surface area contributed by atoms with Crippen LogP contribution in [0.15, 0.2) is 53.9 Å². The predicted octanol–water partition coefficient (Wildman–Crippen LogP) is 4.54. The molecule has 23 heavy (non-hydrogen) atoms. The van der Waals surface area contributed by atoms with Crippen molar-refractivity contribution in [2.45, 2.75) is 20.0 Å². The van der Waals surface area contributed by atoms with Crippen molar-refractivity contribution in [3.8, 4) is 5.75 Å². The maximum atomic E-state index is 12.1. The predicted molar refractivity (Wildman–Crippen MR) is 95.2 cm³/mol. The average Bonchev–Trinajstić information content (AvgIpc) is 2.49. The summed E-state index contributed by atoms with van der Waals surface area (Å²) in [4.78, 5) is 0. The second kappa shape index (κ2) is 7.53. The molecule has 1 N–H and O–H groups in total. The summed E-state index contributed by atoms with van der Waals surface area (Å²) in [6.07, 6.45) is 1.52. The van der Waals surface area contributed by atoms with E-state index in [4.69, 9.17) is 16.3 Å². The number of sulfonamides is 1. The average molecular weight is 352 g/mol. The molecule has 0 unspecified atom stereocenters. The number of hydrogen-bond donors (Lipinski definition) is 1. The van der Waals surface area contributed by atoms with Crippen molar-refractivity contribution >= 4 is 33.4 Å². The van der Waals surface area contributed by atoms with E-state index < -0.39 is 10.0 Å². The quantitative estimate of drug-likeness (QED) is 0.831. The van der Waals surface area contributed by atoms with Gasteiger partial charge in [0.15, 0.2) is 0 Å². The Hall–Kier alpha value is -1.98. The molecule has 0 aromatic heterocycles. The number of nitrogens with one attached hydrogen (secondary N) is 1. The number of benzene rings is 2. The van der Waals surface area contributed by atoms with Gasteiger partial charge in [-0.1, -0.05) is 41.9 Å². The summed E-state index contributed by atoms with van der Waals surface area (Å²) in [5.74, 6) is 0.518. The Morgan fingerprint density at radius 2 is 1.83 bits per heavy atom. The maximum Gasteiger partial charge on any atom is 0.255 e. The molecular weight excluding hydrogens is 334 g/mol. The summed E-state index contributed by atoms with van der Waals surface area (Å²) < 4.78 is 32.1. The van der Waals surface area contributed by atoms with E-state index in [1.165, 1.54) is 12.1 Å². The molecule has 0 radical (unpaired) electrons. The van der Waals surface area contributed by atoms with Crippen molar-refractivity contribution in [1.82, 2.24) is 0 Å². The van der Waals surface area contributed by atoms with Gasteiger partial charge in [-0.05, 0) is 43.7 Å². The van der Waals surface area contributed by atoms with E-state index in [-0.39, 0.29) is 6.10 Å². The van der Waals surface area contributed by atoms with Crippen LogP contribution in [0, 0.1) is 0 Å². The fourth-order valence-electron chi connectivity index (χ4n) is 1.84. The molecule has 4 nitrogen and oxygen atoms in total. The van der Waals surface area contributed by atoms with E-state index in [0.29, 0.717) is 16.5 Å². The largest absolute Gasteiger partial charge is 0.489 e. The SMILES string of the molecule is CC(C)Oc1ccc(NS(=O)(=O)/C=C/c2ccccc2)cc1Cl. The Balaban J connectivity index is 2.11. The van der Waals surface area contributed by atoms with Gasteiger partial charge in [0.25, 0.3) is 10.0 Å². The first-order valence-electron chi connectivity index (χ1n) is 7.08. The van der Waals surface area contributed by atoms with Crippen LogP contribution in [0.3, 0.4) is 0 Å². The Kier molecular flexibility index (Phi) is 5.69. The van der Waals surface area contributed by atoms with Crippen LogP contribution in [0.1, 0.15) is 19.4 Å². The standard InChI is InChI=1S/C17H18ClNO3S/c1-13(2)22-17-9-8-15(12-16(17)18)19-23(20,21)11-10-14-6-4-3-5-7-14/h3-13,19H,1-2H3/b11-10+. The molecule has 2 rings (SSSR count). The van der Waals surface area contributed by atoms with E-state index in [1.54, 1.807) is 12.1 Å². The lowest BCUT2D eigenvalue weighted by molar-refractivity contribution is 0.242. The molecule has 0 saturated carbocycles. The molecule has 2 aromatic carbocycles. The molecular formula is C17H18ClNO3S. The van der Waals surface area contributed by atoms with Crippen molar-refractivity contribution < 1.29 is 13.2 Å². The summed E-state index contributed by atoms with van der Waals surface area (Å²) in [6.45, 7) is 3.78. The van der Waals surface area contributed by atoms with Gasteiger partial charge < -0.3 is 4.74 Å². The van der Waals surface area contributed by atoms with Crippen LogP contribution in [0.2, 0.25) is 5.02 Å². The zero-order chi connectivity index (χ0) is 16.9. The van der Waals surface area contributed by atoms with Gasteiger partial charge in [0, 0.05) is 0 Å². The van der Waals surface area contributed by atoms with Crippen molar-refractivity contribution in [3.63, 3.8) is 0 Å². The van der Waals surface area contributed by atoms with Gasteiger partial charge >= 0.3 is 0 Å². The van der Waals surface area contributed by atoms with Gasteiger partial charge in [-0.2, -0.15) is 0 Å². The first-order chi connectivity index (χ1) is 10.9. The van der Waals surface area contributed by atoms with Crippen LogP contribution in [0.5, 0.6) is 5.75 Å². The van der Waals surface area contributed by atoms with E-state index in [1.807, 2.05) is 44.2 Å². The van der Waals surface area contributed by atoms with Gasteiger partial charge in [-0.15, -0.1) is 0 Å². The first kappa shape index (κ1) is 17.4. The van der Waals surface area contributed by atoms with Crippen LogP contribution in [-0.4, -0.2) is 14.5 Å². The molecule has 0 aliphatic heterocycles. The topological polar surface area (TPSA) is 55.4 Å². The fourth-order valence-corrected chi connectivity index (χ4v) is 2.93. The van der Waals surface area contributed by atoms with Crippen LogP contribution in [0.4, 0.5) is 5.69 Å². The fraction of sp³-hybridized carbons (Fsp3) is 0.176. The van der Waals surface area contributed by atoms with Gasteiger partial charge in [-0.25, -0.2) is 8.42 Å². The zero-order valence-corrected chi connectivity index (χ0v) is 14.4. The molecule has 0 bridgehead atoms. The minimum Gasteiger partial charge on any atom is -0.489 e. The molecule has 0 heterocycles. The highest BCUT2D eigenvalue weighted by Crippen LogP contribution is 2.29. The molecule has 2 aromatic rings. The first-order valence-corrected chi connectivity index (χ1v) is 9.00. The summed E-state index contributed by atoms with van der Waals surface area (Å²) in [7, 11) is -3.62. The van der Waals surface area contributed by atoms with Gasteiger partial charge in [0.2, 0.25) is 0 Å². The summed E-state index contributed by atoms with van der Waals surface area (Å²) in [6, 6.07) is 14.0. The Morgan fingerprint density at radius 3 is 2.43 bits per heavy atom. The zero-order valence-electron chi connectivity index (χ0n) is 12.9. The highest BCUT2D eigenvalue weighted by Gasteiger charge is 2.09. The molecule has 0 saturated heterocycles. The van der Waals surface area contributed by atoms with Crippen LogP contribution in [-0.2, 0) is 10.0 Å². The Morgan fingerprint density at radius 1 is 1.13 bits per heavy atom. The Labute approximate surface area is 141 Å². The van der Waals surface area contributed by atoms with E-state index in [0.717, 1.165) is 11.0 Å². The van der Waals surface area contributed by atoms with Gasteiger partial charge in [0.1, 0.15) is 5.75 Å². The van der Waals surface area contributed by atoms with Crippen molar-refractivity contribution in [2.75, 3.05) is 4.72 Å². The summed E-state index contributed by atoms with van der Waals surface area (Å²) in [5, 5.41) is 1.47. The Bertz CT molecular complexity index is 787. The number of rotatable bonds is 6. The third-order valence-electron chi connectivity index (χ3n) is 2.79. The van der Waals surface area contributed by atoms with Gasteiger partial charge in [0.05, 0.1) is 22.2 Å². The number of ether oxygens (including phenoxy) is 1. The normalized spacial score (nSPS) is 11.8. The number of halogens is 1. The maximum absolute atomic E-state index is 12.1. The van der Waals surface area contributed by atoms with Crippen molar-refractivity contribution in [2.24, 2.45) is 0 Å². The number of anilines is 1. The van der Waals surface area contributed by atoms with Crippen molar-refractivity contribution in [3.05, 3.63) is 64.5 Å². The highest BCUT2D eigenvalue weighted by atomic mass is 35.5. The van der Waals surface area contributed by atoms with Gasteiger partial charge in [-0.3, -0.25) is 4.72 Å². The van der Waals surface area contributed by atoms with E-state index >= 15 is 0 Å². The molecule has 0 aliphatic rings. The highest BCUT2D eigenvalue weighted by molar-refractivity contribution is 7.95. The third-order valence-corrected chi connectivity index (χ3v) is 4.10. The van der Waals surface area contributed by atoms with Crippen LogP contribution < -0.4 is 9.46 Å². The smallest absolute Gasteiger partial charge is 0.255 e. The molecule has 0 atom stereocenters. The third kappa shape index (κ3) is 5.62. The molecule has 6 heteroatoms. The molecule has 0 amide bonds.